The maximum atomic E-state index is 12.2. The molecule has 6 rings (SSSR count). The van der Waals surface area contributed by atoms with Crippen LogP contribution >= 0.6 is 0 Å². The number of carbonyl (C=O) groups is 1. The van der Waals surface area contributed by atoms with Crippen molar-refractivity contribution in [2.24, 2.45) is 0 Å². The molecule has 1 amide bonds. The molecule has 0 atom stereocenters. The van der Waals surface area contributed by atoms with Gasteiger partial charge in [-0.1, -0.05) is 30.8 Å². The van der Waals surface area contributed by atoms with Crippen LogP contribution in [0.1, 0.15) is 12.5 Å². The van der Waals surface area contributed by atoms with Crippen molar-refractivity contribution in [2.45, 2.75) is 20.4 Å². The number of piperazine rings is 1. The lowest BCUT2D eigenvalue weighted by atomic mass is 9.96. The number of benzene rings is 2. The quantitative estimate of drug-likeness (QED) is 0.247. The van der Waals surface area contributed by atoms with Crippen LogP contribution in [0.3, 0.4) is 0 Å². The molecule has 8 heteroatoms. The molecular formula is C33H35N7O. The Hall–Kier alpha value is -4.69. The van der Waals surface area contributed by atoms with E-state index in [1.54, 1.807) is 0 Å². The molecule has 0 aliphatic carbocycles. The van der Waals surface area contributed by atoms with Crippen molar-refractivity contribution in [1.29, 1.82) is 0 Å². The Bertz CT molecular complexity index is 1720. The van der Waals surface area contributed by atoms with Gasteiger partial charge in [-0.3, -0.25) is 4.79 Å². The fourth-order valence-corrected chi connectivity index (χ4v) is 5.41. The summed E-state index contributed by atoms with van der Waals surface area (Å²) in [5.41, 5.74) is 9.68. The first-order chi connectivity index (χ1) is 19.9. The average Bonchev–Trinajstić information content (AvgIpc) is 3.63. The lowest BCUT2D eigenvalue weighted by molar-refractivity contribution is -0.111. The Labute approximate surface area is 240 Å². The fourth-order valence-electron chi connectivity index (χ4n) is 5.41. The minimum absolute atomic E-state index is 0.237. The van der Waals surface area contributed by atoms with E-state index in [0.29, 0.717) is 0 Å². The van der Waals surface area contributed by atoms with E-state index in [9.17, 15) is 4.79 Å². The molecule has 1 fully saturated rings. The number of amides is 1. The smallest absolute Gasteiger partial charge is 0.247 e. The summed E-state index contributed by atoms with van der Waals surface area (Å²) in [5, 5.41) is 3.96. The van der Waals surface area contributed by atoms with Crippen LogP contribution in [0.4, 0.5) is 11.4 Å². The predicted molar refractivity (Wildman–Crippen MR) is 167 cm³/mol. The van der Waals surface area contributed by atoms with Gasteiger partial charge in [0.1, 0.15) is 5.65 Å². The first-order valence-electron chi connectivity index (χ1n) is 14.1. The van der Waals surface area contributed by atoms with E-state index in [-0.39, 0.29) is 5.91 Å². The van der Waals surface area contributed by atoms with Crippen LogP contribution in [0.5, 0.6) is 0 Å². The summed E-state index contributed by atoms with van der Waals surface area (Å²) >= 11 is 0. The fraction of sp³-hybridized carbons (Fsp3) is 0.242. The third kappa shape index (κ3) is 5.26. The molecule has 0 saturated carbocycles. The number of aryl methyl sites for hydroxylation is 2. The Morgan fingerprint density at radius 2 is 1.78 bits per heavy atom. The number of hydrogen-bond donors (Lipinski definition) is 2. The average molecular weight is 546 g/mol. The molecular weight excluding hydrogens is 510 g/mol. The van der Waals surface area contributed by atoms with Crippen molar-refractivity contribution in [2.75, 3.05) is 43.4 Å². The highest BCUT2D eigenvalue weighted by molar-refractivity contribution is 6.05. The Morgan fingerprint density at radius 1 is 1.02 bits per heavy atom. The largest absolute Gasteiger partial charge is 0.369 e. The highest BCUT2D eigenvalue weighted by Crippen LogP contribution is 2.40. The summed E-state index contributed by atoms with van der Waals surface area (Å²) in [5.74, 6) is -0.237. The number of pyridine rings is 1. The summed E-state index contributed by atoms with van der Waals surface area (Å²) in [7, 11) is 2.17. The van der Waals surface area contributed by atoms with E-state index in [4.69, 9.17) is 4.98 Å². The van der Waals surface area contributed by atoms with Crippen molar-refractivity contribution in [3.63, 3.8) is 0 Å². The highest BCUT2D eigenvalue weighted by Gasteiger charge is 2.20. The topological polar surface area (TPSA) is 82.1 Å². The monoisotopic (exact) mass is 545 g/mol. The van der Waals surface area contributed by atoms with Crippen LogP contribution < -0.4 is 10.2 Å². The van der Waals surface area contributed by atoms with Crippen LogP contribution in [0, 0.1) is 6.92 Å². The van der Waals surface area contributed by atoms with Gasteiger partial charge in [-0.25, -0.2) is 9.97 Å². The molecule has 208 valence electrons. The second kappa shape index (κ2) is 11.1. The van der Waals surface area contributed by atoms with Crippen LogP contribution in [0.2, 0.25) is 0 Å². The number of rotatable bonds is 7. The zero-order chi connectivity index (χ0) is 28.5. The van der Waals surface area contributed by atoms with Gasteiger partial charge in [-0.15, -0.1) is 0 Å². The van der Waals surface area contributed by atoms with Gasteiger partial charge >= 0.3 is 0 Å². The summed E-state index contributed by atoms with van der Waals surface area (Å²) in [6.45, 7) is 12.7. The number of imidazole rings is 1. The van der Waals surface area contributed by atoms with Gasteiger partial charge < -0.3 is 24.7 Å². The molecule has 0 radical (unpaired) electrons. The minimum Gasteiger partial charge on any atom is -0.369 e. The lowest BCUT2D eigenvalue weighted by Crippen LogP contribution is -2.44. The van der Waals surface area contributed by atoms with E-state index in [2.05, 4.69) is 86.6 Å². The van der Waals surface area contributed by atoms with Gasteiger partial charge in [0.05, 0.1) is 17.7 Å². The van der Waals surface area contributed by atoms with Crippen LogP contribution in [-0.2, 0) is 11.3 Å². The molecule has 0 spiro atoms. The summed E-state index contributed by atoms with van der Waals surface area (Å²) in [6, 6.07) is 17.1. The summed E-state index contributed by atoms with van der Waals surface area (Å²) in [4.78, 5) is 30.0. The molecule has 0 unspecified atom stereocenters. The number of H-pyrrole nitrogens is 1. The number of carbonyl (C=O) groups excluding carboxylic acids is 1. The first-order valence-corrected chi connectivity index (χ1v) is 14.1. The van der Waals surface area contributed by atoms with E-state index in [1.165, 1.54) is 11.8 Å². The van der Waals surface area contributed by atoms with Gasteiger partial charge in [0.2, 0.25) is 5.91 Å². The van der Waals surface area contributed by atoms with Crippen molar-refractivity contribution >= 4 is 28.3 Å². The number of aromatic amines is 1. The number of likely N-dealkylation sites (N-methyl/N-ethyl adjacent to an activating group) is 1. The molecule has 41 heavy (non-hydrogen) atoms. The van der Waals surface area contributed by atoms with Crippen LogP contribution in [-0.4, -0.2) is 63.6 Å². The molecule has 1 saturated heterocycles. The maximum Gasteiger partial charge on any atom is 0.247 e. The predicted octanol–water partition coefficient (Wildman–Crippen LogP) is 5.97. The Morgan fingerprint density at radius 3 is 2.49 bits per heavy atom. The lowest BCUT2D eigenvalue weighted by Gasteiger charge is -2.34. The third-order valence-corrected chi connectivity index (χ3v) is 7.94. The zero-order valence-electron chi connectivity index (χ0n) is 23.8. The third-order valence-electron chi connectivity index (χ3n) is 7.94. The van der Waals surface area contributed by atoms with E-state index < -0.39 is 0 Å². The molecule has 1 aliphatic rings. The normalized spacial score (nSPS) is 14.0. The Kier molecular flexibility index (Phi) is 7.15. The van der Waals surface area contributed by atoms with E-state index in [1.807, 2.05) is 37.8 Å². The summed E-state index contributed by atoms with van der Waals surface area (Å²) in [6.07, 6.45) is 7.05. The SMILES string of the molecule is C=CC(=O)Nc1cc(-c2c(-c3ccc(N4CCN(C)CC4)cc3)[nH]c3ncc(-c4cn(CC)cn4)cc23)ccc1C. The molecule has 0 bridgehead atoms. The Balaban J connectivity index is 1.48. The molecule has 2 N–H and O–H groups in total. The van der Waals surface area contributed by atoms with Gasteiger partial charge in [0, 0.05) is 73.0 Å². The van der Waals surface area contributed by atoms with Gasteiger partial charge in [0.25, 0.3) is 0 Å². The number of hydrogen-bond acceptors (Lipinski definition) is 5. The standard InChI is InChI=1S/C33H35N7O/c1-5-30(41)36-28-18-24(8-7-22(28)3)31-27-17-25(29-20-39(6-2)21-35-29)19-34-33(27)37-32(31)23-9-11-26(12-10-23)40-15-13-38(4)14-16-40/h5,7-12,17-21H,1,6,13-16H2,2-4H3,(H,34,37)(H,36,41). The van der Waals surface area contributed by atoms with Gasteiger partial charge in [-0.2, -0.15) is 0 Å². The molecule has 3 aromatic heterocycles. The number of fused-ring (bicyclic) bond motifs is 1. The number of aromatic nitrogens is 4. The highest BCUT2D eigenvalue weighted by atomic mass is 16.1. The number of anilines is 2. The van der Waals surface area contributed by atoms with E-state index in [0.717, 1.165) is 88.6 Å². The minimum atomic E-state index is -0.237. The van der Waals surface area contributed by atoms with Gasteiger partial charge in [-0.05, 0) is 67.9 Å². The van der Waals surface area contributed by atoms with Crippen molar-refractivity contribution < 1.29 is 4.79 Å². The molecule has 8 nitrogen and oxygen atoms in total. The molecule has 4 heterocycles. The molecule has 5 aromatic rings. The number of nitrogens with one attached hydrogen (secondary N) is 2. The second-order valence-corrected chi connectivity index (χ2v) is 10.6. The second-order valence-electron chi connectivity index (χ2n) is 10.6. The number of nitrogens with zero attached hydrogens (tertiary/aromatic N) is 5. The van der Waals surface area contributed by atoms with Crippen molar-refractivity contribution in [3.8, 4) is 33.6 Å². The van der Waals surface area contributed by atoms with Crippen molar-refractivity contribution in [3.05, 3.63) is 85.5 Å². The molecule has 1 aliphatic heterocycles. The van der Waals surface area contributed by atoms with Crippen LogP contribution in [0.25, 0.3) is 44.7 Å². The summed E-state index contributed by atoms with van der Waals surface area (Å²) < 4.78 is 2.06. The van der Waals surface area contributed by atoms with Crippen LogP contribution in [0.15, 0.2) is 79.9 Å². The van der Waals surface area contributed by atoms with Crippen molar-refractivity contribution in [1.82, 2.24) is 24.4 Å². The first kappa shape index (κ1) is 26.5. The van der Waals surface area contributed by atoms with E-state index >= 15 is 0 Å². The maximum absolute atomic E-state index is 12.2. The molecule has 2 aromatic carbocycles. The van der Waals surface area contributed by atoms with Gasteiger partial charge in [0.15, 0.2) is 0 Å². The zero-order valence-corrected chi connectivity index (χ0v) is 23.8.